The Labute approximate surface area is 153 Å². The molecule has 0 aliphatic carbocycles. The number of benzene rings is 1. The number of nitrogens with zero attached hydrogens (tertiary/aromatic N) is 3. The van der Waals surface area contributed by atoms with E-state index in [9.17, 15) is 9.18 Å². The van der Waals surface area contributed by atoms with Crippen LogP contribution in [0.15, 0.2) is 36.4 Å². The molecule has 1 fully saturated rings. The zero-order valence-corrected chi connectivity index (χ0v) is 15.3. The molecule has 0 unspecified atom stereocenters. The van der Waals surface area contributed by atoms with Gasteiger partial charge in [0.15, 0.2) is 5.82 Å². The molecular formula is C20H25FN4O. The topological polar surface area (TPSA) is 58.1 Å². The molecule has 1 amide bonds. The average Bonchev–Trinajstić information content (AvgIpc) is 2.68. The highest BCUT2D eigenvalue weighted by Crippen LogP contribution is 2.24. The van der Waals surface area contributed by atoms with Gasteiger partial charge in [-0.05, 0) is 50.5 Å². The number of rotatable bonds is 5. The lowest BCUT2D eigenvalue weighted by Gasteiger charge is -2.32. The van der Waals surface area contributed by atoms with Crippen molar-refractivity contribution in [1.82, 2.24) is 15.5 Å². The number of amides is 1. The van der Waals surface area contributed by atoms with Gasteiger partial charge in [0.1, 0.15) is 5.82 Å². The first-order valence-corrected chi connectivity index (χ1v) is 9.21. The van der Waals surface area contributed by atoms with Gasteiger partial charge in [0, 0.05) is 30.6 Å². The highest BCUT2D eigenvalue weighted by atomic mass is 19.1. The SMILES string of the molecule is CC[C@H](C)NC(=O)C1CCN(c2ccc(-c3cccc(F)c3)nn2)CC1. The molecule has 5 nitrogen and oxygen atoms in total. The Hall–Kier alpha value is -2.50. The molecule has 0 radical (unpaired) electrons. The summed E-state index contributed by atoms with van der Waals surface area (Å²) >= 11 is 0. The van der Waals surface area contributed by atoms with Crippen LogP contribution in [0.2, 0.25) is 0 Å². The largest absolute Gasteiger partial charge is 0.355 e. The number of hydrogen-bond donors (Lipinski definition) is 1. The molecular weight excluding hydrogens is 331 g/mol. The number of halogens is 1. The molecule has 0 saturated carbocycles. The van der Waals surface area contributed by atoms with Gasteiger partial charge in [-0.15, -0.1) is 10.2 Å². The maximum absolute atomic E-state index is 13.3. The molecule has 1 N–H and O–H groups in total. The average molecular weight is 356 g/mol. The van der Waals surface area contributed by atoms with Crippen LogP contribution in [0.3, 0.4) is 0 Å². The molecule has 6 heteroatoms. The molecule has 1 saturated heterocycles. The number of carbonyl (C=O) groups is 1. The van der Waals surface area contributed by atoms with Crippen LogP contribution in [0.1, 0.15) is 33.1 Å². The summed E-state index contributed by atoms with van der Waals surface area (Å²) in [5.41, 5.74) is 1.36. The summed E-state index contributed by atoms with van der Waals surface area (Å²) in [6.07, 6.45) is 2.57. The van der Waals surface area contributed by atoms with Crippen molar-refractivity contribution < 1.29 is 9.18 Å². The third-order valence-corrected chi connectivity index (χ3v) is 4.96. The van der Waals surface area contributed by atoms with Gasteiger partial charge in [-0.25, -0.2) is 4.39 Å². The minimum absolute atomic E-state index is 0.0692. The van der Waals surface area contributed by atoms with E-state index < -0.39 is 0 Å². The van der Waals surface area contributed by atoms with Crippen LogP contribution in [-0.4, -0.2) is 35.2 Å². The van der Waals surface area contributed by atoms with Gasteiger partial charge < -0.3 is 10.2 Å². The zero-order chi connectivity index (χ0) is 18.5. The van der Waals surface area contributed by atoms with Crippen molar-refractivity contribution in [2.75, 3.05) is 18.0 Å². The maximum Gasteiger partial charge on any atom is 0.223 e. The van der Waals surface area contributed by atoms with Gasteiger partial charge in [-0.1, -0.05) is 19.1 Å². The molecule has 2 heterocycles. The van der Waals surface area contributed by atoms with Gasteiger partial charge in [-0.3, -0.25) is 4.79 Å². The van der Waals surface area contributed by atoms with Gasteiger partial charge in [0.2, 0.25) is 5.91 Å². The summed E-state index contributed by atoms with van der Waals surface area (Å²) in [6, 6.07) is 10.3. The molecule has 1 aromatic heterocycles. The molecule has 1 aromatic carbocycles. The normalized spacial score (nSPS) is 16.3. The number of nitrogens with one attached hydrogen (secondary N) is 1. The lowest BCUT2D eigenvalue weighted by Crippen LogP contribution is -2.43. The predicted octanol–water partition coefficient (Wildman–Crippen LogP) is 3.41. The molecule has 1 aliphatic heterocycles. The van der Waals surface area contributed by atoms with E-state index >= 15 is 0 Å². The third-order valence-electron chi connectivity index (χ3n) is 4.96. The van der Waals surface area contributed by atoms with Gasteiger partial charge in [0.25, 0.3) is 0 Å². The standard InChI is InChI=1S/C20H25FN4O/c1-3-14(2)22-20(26)15-9-11-25(12-10-15)19-8-7-18(23-24-19)16-5-4-6-17(21)13-16/h4-8,13-15H,3,9-12H2,1-2H3,(H,22,26)/t14-/m0/s1. The van der Waals surface area contributed by atoms with Crippen LogP contribution in [0, 0.1) is 11.7 Å². The Morgan fingerprint density at radius 3 is 2.65 bits per heavy atom. The highest BCUT2D eigenvalue weighted by molar-refractivity contribution is 5.79. The fourth-order valence-corrected chi connectivity index (χ4v) is 3.13. The van der Waals surface area contributed by atoms with E-state index in [0.29, 0.717) is 11.3 Å². The van der Waals surface area contributed by atoms with E-state index in [0.717, 1.165) is 38.2 Å². The number of carbonyl (C=O) groups excluding carboxylic acids is 1. The Balaban J connectivity index is 1.59. The van der Waals surface area contributed by atoms with Gasteiger partial charge in [0.05, 0.1) is 5.69 Å². The molecule has 0 spiro atoms. The van der Waals surface area contributed by atoms with Gasteiger partial charge >= 0.3 is 0 Å². The maximum atomic E-state index is 13.3. The first-order valence-electron chi connectivity index (χ1n) is 9.21. The van der Waals surface area contributed by atoms with Crippen LogP contribution < -0.4 is 10.2 Å². The minimum atomic E-state index is -0.286. The molecule has 3 rings (SSSR count). The Kier molecular flexibility index (Phi) is 5.81. The molecule has 0 bridgehead atoms. The number of hydrogen-bond acceptors (Lipinski definition) is 4. The Bertz CT molecular complexity index is 742. The van der Waals surface area contributed by atoms with E-state index in [1.165, 1.54) is 12.1 Å². The monoisotopic (exact) mass is 356 g/mol. The number of piperidine rings is 1. The number of anilines is 1. The predicted molar refractivity (Wildman–Crippen MR) is 100 cm³/mol. The molecule has 2 aromatic rings. The van der Waals surface area contributed by atoms with Crippen LogP contribution in [0.25, 0.3) is 11.3 Å². The fraction of sp³-hybridized carbons (Fsp3) is 0.450. The van der Waals surface area contributed by atoms with Crippen molar-refractivity contribution in [2.45, 2.75) is 39.2 Å². The van der Waals surface area contributed by atoms with Crippen LogP contribution >= 0.6 is 0 Å². The van der Waals surface area contributed by atoms with E-state index in [4.69, 9.17) is 0 Å². The second-order valence-corrected chi connectivity index (χ2v) is 6.87. The second-order valence-electron chi connectivity index (χ2n) is 6.87. The Morgan fingerprint density at radius 2 is 2.04 bits per heavy atom. The van der Waals surface area contributed by atoms with Crippen molar-refractivity contribution in [1.29, 1.82) is 0 Å². The Morgan fingerprint density at radius 1 is 1.27 bits per heavy atom. The van der Waals surface area contributed by atoms with Crippen LogP contribution in [0.4, 0.5) is 10.2 Å². The van der Waals surface area contributed by atoms with E-state index in [1.54, 1.807) is 6.07 Å². The summed E-state index contributed by atoms with van der Waals surface area (Å²) < 4.78 is 13.3. The quantitative estimate of drug-likeness (QED) is 0.892. The van der Waals surface area contributed by atoms with Crippen molar-refractivity contribution in [3.63, 3.8) is 0 Å². The first kappa shape index (κ1) is 18.3. The molecule has 1 atom stereocenters. The fourth-order valence-electron chi connectivity index (χ4n) is 3.13. The smallest absolute Gasteiger partial charge is 0.223 e. The van der Waals surface area contributed by atoms with Gasteiger partial charge in [-0.2, -0.15) is 0 Å². The lowest BCUT2D eigenvalue weighted by atomic mass is 9.95. The second kappa shape index (κ2) is 8.25. The van der Waals surface area contributed by atoms with Crippen molar-refractivity contribution in [3.05, 3.63) is 42.2 Å². The van der Waals surface area contributed by atoms with E-state index in [1.807, 2.05) is 25.1 Å². The first-order chi connectivity index (χ1) is 12.6. The molecule has 26 heavy (non-hydrogen) atoms. The van der Waals surface area contributed by atoms with E-state index in [-0.39, 0.29) is 23.7 Å². The van der Waals surface area contributed by atoms with Crippen molar-refractivity contribution in [2.24, 2.45) is 5.92 Å². The zero-order valence-electron chi connectivity index (χ0n) is 15.3. The molecule has 1 aliphatic rings. The summed E-state index contributed by atoms with van der Waals surface area (Å²) in [5, 5.41) is 11.6. The minimum Gasteiger partial charge on any atom is -0.355 e. The summed E-state index contributed by atoms with van der Waals surface area (Å²) in [5.74, 6) is 0.739. The highest BCUT2D eigenvalue weighted by Gasteiger charge is 2.26. The van der Waals surface area contributed by atoms with Crippen molar-refractivity contribution >= 4 is 11.7 Å². The number of aromatic nitrogens is 2. The van der Waals surface area contributed by atoms with E-state index in [2.05, 4.69) is 27.3 Å². The van der Waals surface area contributed by atoms with Crippen molar-refractivity contribution in [3.8, 4) is 11.3 Å². The molecule has 138 valence electrons. The summed E-state index contributed by atoms with van der Waals surface area (Å²) in [7, 11) is 0. The summed E-state index contributed by atoms with van der Waals surface area (Å²) in [4.78, 5) is 14.4. The van der Waals surface area contributed by atoms with Crippen LogP contribution in [-0.2, 0) is 4.79 Å². The summed E-state index contributed by atoms with van der Waals surface area (Å²) in [6.45, 7) is 5.67. The lowest BCUT2D eigenvalue weighted by molar-refractivity contribution is -0.126. The van der Waals surface area contributed by atoms with Crippen LogP contribution in [0.5, 0.6) is 0 Å². The third kappa shape index (κ3) is 4.36.